The van der Waals surface area contributed by atoms with Crippen molar-refractivity contribution in [3.05, 3.63) is 54.0 Å². The van der Waals surface area contributed by atoms with Crippen LogP contribution in [0, 0.1) is 0 Å². The number of pyridine rings is 1. The number of benzene rings is 1. The maximum Gasteiger partial charge on any atom is 0.255 e. The zero-order valence-electron chi connectivity index (χ0n) is 14.9. The molecule has 2 aromatic rings. The second-order valence-corrected chi connectivity index (χ2v) is 6.69. The number of amides is 1. The molecule has 1 saturated heterocycles. The standard InChI is InChI=1S/C20H23N5O/c1-2-7-25-19-16(5-3-6-17(19)18(21)13-23-25)14-10-15(12-22-11-14)20(26)24-8-4-9-24/h3,5-6,10-13,23H,2,4,7-9,21H2,1H3. The first-order valence-electron chi connectivity index (χ1n) is 9.06. The number of hydrogen-bond acceptors (Lipinski definition) is 5. The minimum atomic E-state index is 0.0540. The molecule has 0 saturated carbocycles. The van der Waals surface area contributed by atoms with Crippen LogP contribution < -0.4 is 16.2 Å². The van der Waals surface area contributed by atoms with Crippen LogP contribution in [0.5, 0.6) is 0 Å². The number of nitrogens with one attached hydrogen (secondary N) is 1. The number of para-hydroxylation sites is 1. The Morgan fingerprint density at radius 2 is 2.08 bits per heavy atom. The van der Waals surface area contributed by atoms with Crippen molar-refractivity contribution in [1.29, 1.82) is 0 Å². The van der Waals surface area contributed by atoms with Gasteiger partial charge in [0, 0.05) is 54.9 Å². The Labute approximate surface area is 153 Å². The van der Waals surface area contributed by atoms with Crippen LogP contribution in [0.1, 0.15) is 35.7 Å². The van der Waals surface area contributed by atoms with Crippen molar-refractivity contribution in [2.75, 3.05) is 24.6 Å². The molecule has 6 heteroatoms. The van der Waals surface area contributed by atoms with Crippen LogP contribution in [0.15, 0.2) is 42.9 Å². The number of nitrogens with two attached hydrogens (primary N) is 1. The molecule has 6 nitrogen and oxygen atoms in total. The van der Waals surface area contributed by atoms with E-state index < -0.39 is 0 Å². The van der Waals surface area contributed by atoms with E-state index in [-0.39, 0.29) is 5.91 Å². The predicted molar refractivity (Wildman–Crippen MR) is 103 cm³/mol. The molecule has 0 spiro atoms. The predicted octanol–water partition coefficient (Wildman–Crippen LogP) is 2.59. The van der Waals surface area contributed by atoms with Gasteiger partial charge in [-0.15, -0.1) is 0 Å². The van der Waals surface area contributed by atoms with Gasteiger partial charge in [0.05, 0.1) is 16.9 Å². The molecule has 3 N–H and O–H groups in total. The zero-order chi connectivity index (χ0) is 18.1. The smallest absolute Gasteiger partial charge is 0.255 e. The fourth-order valence-electron chi connectivity index (χ4n) is 3.40. The zero-order valence-corrected chi connectivity index (χ0v) is 14.9. The number of carbonyl (C=O) groups is 1. The Morgan fingerprint density at radius 3 is 2.81 bits per heavy atom. The summed E-state index contributed by atoms with van der Waals surface area (Å²) in [7, 11) is 0. The van der Waals surface area contributed by atoms with Gasteiger partial charge in [-0.2, -0.15) is 0 Å². The molecule has 2 aliphatic rings. The third kappa shape index (κ3) is 2.77. The van der Waals surface area contributed by atoms with Crippen LogP contribution in [-0.4, -0.2) is 35.4 Å². The summed E-state index contributed by atoms with van der Waals surface area (Å²) in [6.45, 7) is 4.66. The molecular weight excluding hydrogens is 326 g/mol. The average molecular weight is 349 g/mol. The highest BCUT2D eigenvalue weighted by Crippen LogP contribution is 2.37. The van der Waals surface area contributed by atoms with Gasteiger partial charge in [-0.1, -0.05) is 25.1 Å². The van der Waals surface area contributed by atoms with Crippen LogP contribution in [0.4, 0.5) is 5.69 Å². The van der Waals surface area contributed by atoms with E-state index >= 15 is 0 Å². The second-order valence-electron chi connectivity index (χ2n) is 6.69. The van der Waals surface area contributed by atoms with Crippen LogP contribution in [-0.2, 0) is 0 Å². The van der Waals surface area contributed by atoms with Gasteiger partial charge in [-0.25, -0.2) is 0 Å². The van der Waals surface area contributed by atoms with E-state index in [0.717, 1.165) is 54.9 Å². The average Bonchev–Trinajstić information content (AvgIpc) is 2.62. The van der Waals surface area contributed by atoms with Crippen LogP contribution in [0.25, 0.3) is 16.8 Å². The third-order valence-corrected chi connectivity index (χ3v) is 4.88. The maximum atomic E-state index is 12.6. The molecule has 0 bridgehead atoms. The summed E-state index contributed by atoms with van der Waals surface area (Å²) in [5.41, 5.74) is 14.8. The van der Waals surface area contributed by atoms with Crippen molar-refractivity contribution >= 4 is 17.3 Å². The van der Waals surface area contributed by atoms with Gasteiger partial charge < -0.3 is 16.1 Å². The summed E-state index contributed by atoms with van der Waals surface area (Å²) in [6.07, 6.45) is 7.36. The van der Waals surface area contributed by atoms with Crippen molar-refractivity contribution in [2.45, 2.75) is 19.8 Å². The number of likely N-dealkylation sites (tertiary alicyclic amines) is 1. The van der Waals surface area contributed by atoms with Gasteiger partial charge in [0.25, 0.3) is 5.91 Å². The number of carbonyl (C=O) groups excluding carboxylic acids is 1. The van der Waals surface area contributed by atoms with E-state index in [1.165, 1.54) is 0 Å². The van der Waals surface area contributed by atoms with E-state index in [1.54, 1.807) is 12.4 Å². The van der Waals surface area contributed by atoms with Crippen molar-refractivity contribution in [3.63, 3.8) is 0 Å². The first-order chi connectivity index (χ1) is 12.7. The van der Waals surface area contributed by atoms with Gasteiger partial charge in [-0.3, -0.25) is 14.8 Å². The molecule has 1 fully saturated rings. The highest BCUT2D eigenvalue weighted by molar-refractivity contribution is 5.97. The molecule has 0 atom stereocenters. The van der Waals surface area contributed by atoms with E-state index in [2.05, 4.69) is 28.4 Å². The molecule has 0 unspecified atom stereocenters. The summed E-state index contributed by atoms with van der Waals surface area (Å²) in [6, 6.07) is 8.00. The molecule has 0 radical (unpaired) electrons. The van der Waals surface area contributed by atoms with Gasteiger partial charge in [0.1, 0.15) is 0 Å². The number of fused-ring (bicyclic) bond motifs is 1. The summed E-state index contributed by atoms with van der Waals surface area (Å²) < 4.78 is 0. The van der Waals surface area contributed by atoms with Gasteiger partial charge in [0.2, 0.25) is 0 Å². The van der Waals surface area contributed by atoms with E-state index in [0.29, 0.717) is 11.3 Å². The Balaban J connectivity index is 1.78. The molecular formula is C20H23N5O. The molecule has 4 rings (SSSR count). The van der Waals surface area contributed by atoms with Gasteiger partial charge in [0.15, 0.2) is 0 Å². The lowest BCUT2D eigenvalue weighted by molar-refractivity contribution is 0.0651. The molecule has 2 aliphatic heterocycles. The van der Waals surface area contributed by atoms with Crippen molar-refractivity contribution in [2.24, 2.45) is 5.73 Å². The van der Waals surface area contributed by atoms with Gasteiger partial charge >= 0.3 is 0 Å². The lowest BCUT2D eigenvalue weighted by Gasteiger charge is -2.33. The molecule has 134 valence electrons. The molecule has 3 heterocycles. The molecule has 1 aromatic carbocycles. The Hall–Kier alpha value is -3.02. The largest absolute Gasteiger partial charge is 0.397 e. The summed E-state index contributed by atoms with van der Waals surface area (Å²) >= 11 is 0. The Kier molecular flexibility index (Phi) is 4.24. The maximum absolute atomic E-state index is 12.6. The van der Waals surface area contributed by atoms with Gasteiger partial charge in [-0.05, 0) is 18.9 Å². The van der Waals surface area contributed by atoms with Crippen LogP contribution in [0.2, 0.25) is 0 Å². The number of rotatable bonds is 4. The minimum Gasteiger partial charge on any atom is -0.397 e. The minimum absolute atomic E-state index is 0.0540. The number of anilines is 1. The second kappa shape index (κ2) is 6.71. The first kappa shape index (κ1) is 16.4. The Bertz CT molecular complexity index is 872. The van der Waals surface area contributed by atoms with Crippen molar-refractivity contribution in [3.8, 4) is 11.1 Å². The monoisotopic (exact) mass is 349 g/mol. The lowest BCUT2D eigenvalue weighted by Crippen LogP contribution is -2.42. The summed E-state index contributed by atoms with van der Waals surface area (Å²) in [4.78, 5) is 18.7. The van der Waals surface area contributed by atoms with Crippen molar-refractivity contribution < 1.29 is 4.79 Å². The van der Waals surface area contributed by atoms with Crippen LogP contribution in [0.3, 0.4) is 0 Å². The number of aromatic nitrogens is 1. The molecule has 1 aromatic heterocycles. The number of nitrogens with zero attached hydrogens (tertiary/aromatic N) is 3. The van der Waals surface area contributed by atoms with Crippen LogP contribution >= 0.6 is 0 Å². The summed E-state index contributed by atoms with van der Waals surface area (Å²) in [5.74, 6) is 0.0540. The summed E-state index contributed by atoms with van der Waals surface area (Å²) in [5, 5.41) is 2.10. The first-order valence-corrected chi connectivity index (χ1v) is 9.06. The normalized spacial score (nSPS) is 15.7. The highest BCUT2D eigenvalue weighted by atomic mass is 16.2. The highest BCUT2D eigenvalue weighted by Gasteiger charge is 2.24. The molecule has 1 amide bonds. The topological polar surface area (TPSA) is 74.5 Å². The van der Waals surface area contributed by atoms with Crippen molar-refractivity contribution in [1.82, 2.24) is 15.3 Å². The Morgan fingerprint density at radius 1 is 1.27 bits per heavy atom. The molecule has 0 aliphatic carbocycles. The van der Waals surface area contributed by atoms with E-state index in [9.17, 15) is 4.79 Å². The van der Waals surface area contributed by atoms with E-state index in [4.69, 9.17) is 5.73 Å². The molecule has 26 heavy (non-hydrogen) atoms. The SMILES string of the molecule is CCCN1NC=C(N)c2cccc(-c3cncc(C(=O)N4CCC4)c3)c21. The fraction of sp³-hybridized carbons (Fsp3) is 0.300. The third-order valence-electron chi connectivity index (χ3n) is 4.88. The lowest BCUT2D eigenvalue weighted by atomic mass is 9.97. The quantitative estimate of drug-likeness (QED) is 0.887. The van der Waals surface area contributed by atoms with E-state index in [1.807, 2.05) is 29.3 Å². The number of hydrogen-bond donors (Lipinski definition) is 2. The number of hydrazine groups is 1. The fourth-order valence-corrected chi connectivity index (χ4v) is 3.40.